The molecule has 2 N–H and O–H groups in total. The lowest BCUT2D eigenvalue weighted by atomic mass is 9.86. The number of carbonyl (C=O) groups excluding carboxylic acids is 1. The first-order valence-electron chi connectivity index (χ1n) is 10.1. The van der Waals surface area contributed by atoms with Gasteiger partial charge in [-0.05, 0) is 51.4 Å². The van der Waals surface area contributed by atoms with Crippen LogP contribution in [0.3, 0.4) is 0 Å². The average Bonchev–Trinajstić information content (AvgIpc) is 2.63. The molecule has 0 spiro atoms. The molecular formula is C19H32N2O4. The Morgan fingerprint density at radius 2 is 1.44 bits per heavy atom. The van der Waals surface area contributed by atoms with Crippen molar-refractivity contribution >= 4 is 12.0 Å². The van der Waals surface area contributed by atoms with Crippen LogP contribution in [-0.4, -0.2) is 53.3 Å². The minimum Gasteiger partial charge on any atom is -0.481 e. The highest BCUT2D eigenvalue weighted by atomic mass is 16.5. The number of hydrogen-bond donors (Lipinski definition) is 2. The van der Waals surface area contributed by atoms with Gasteiger partial charge in [-0.1, -0.05) is 19.3 Å². The van der Waals surface area contributed by atoms with Gasteiger partial charge in [0.2, 0.25) is 0 Å². The number of aliphatic carboxylic acids is 1. The van der Waals surface area contributed by atoms with Crippen LogP contribution in [0.25, 0.3) is 0 Å². The van der Waals surface area contributed by atoms with Crippen LogP contribution in [0.15, 0.2) is 0 Å². The third-order valence-electron chi connectivity index (χ3n) is 6.07. The van der Waals surface area contributed by atoms with Crippen LogP contribution in [0.1, 0.15) is 70.6 Å². The molecule has 1 saturated heterocycles. The van der Waals surface area contributed by atoms with Gasteiger partial charge in [-0.2, -0.15) is 0 Å². The predicted molar refractivity (Wildman–Crippen MR) is 94.5 cm³/mol. The summed E-state index contributed by atoms with van der Waals surface area (Å²) in [5.74, 6) is -0.939. The Morgan fingerprint density at radius 1 is 0.840 bits per heavy atom. The van der Waals surface area contributed by atoms with Gasteiger partial charge in [0.1, 0.15) is 0 Å². The first-order chi connectivity index (χ1) is 12.1. The van der Waals surface area contributed by atoms with Gasteiger partial charge in [-0.3, -0.25) is 4.79 Å². The van der Waals surface area contributed by atoms with E-state index in [2.05, 4.69) is 5.32 Å². The van der Waals surface area contributed by atoms with Crippen molar-refractivity contribution in [1.82, 2.24) is 10.2 Å². The van der Waals surface area contributed by atoms with Crippen LogP contribution >= 0.6 is 0 Å². The molecule has 0 aromatic rings. The molecule has 0 radical (unpaired) electrons. The molecule has 0 unspecified atom stereocenters. The van der Waals surface area contributed by atoms with Crippen molar-refractivity contribution in [3.8, 4) is 0 Å². The quantitative estimate of drug-likeness (QED) is 0.815. The molecule has 1 heterocycles. The molecular weight excluding hydrogens is 320 g/mol. The summed E-state index contributed by atoms with van der Waals surface area (Å²) in [6, 6.07) is 0.134. The van der Waals surface area contributed by atoms with Crippen LogP contribution < -0.4 is 5.32 Å². The van der Waals surface area contributed by atoms with Gasteiger partial charge >= 0.3 is 12.0 Å². The SMILES string of the molecule is O=C(O)C1CCC(NC(=O)N2CCC(OC3CCCCC3)CC2)CC1. The third kappa shape index (κ3) is 5.33. The van der Waals surface area contributed by atoms with Gasteiger partial charge in [-0.15, -0.1) is 0 Å². The maximum Gasteiger partial charge on any atom is 0.317 e. The number of urea groups is 1. The smallest absolute Gasteiger partial charge is 0.317 e. The first kappa shape index (κ1) is 18.5. The van der Waals surface area contributed by atoms with Gasteiger partial charge in [0.05, 0.1) is 18.1 Å². The molecule has 3 aliphatic rings. The highest BCUT2D eigenvalue weighted by molar-refractivity contribution is 5.74. The summed E-state index contributed by atoms with van der Waals surface area (Å²) in [6.45, 7) is 1.52. The minimum atomic E-state index is -0.704. The van der Waals surface area contributed by atoms with Crippen molar-refractivity contribution in [2.45, 2.75) is 88.9 Å². The van der Waals surface area contributed by atoms with E-state index < -0.39 is 5.97 Å². The van der Waals surface area contributed by atoms with E-state index in [1.807, 2.05) is 4.90 Å². The zero-order valence-electron chi connectivity index (χ0n) is 15.1. The normalized spacial score (nSPS) is 29.4. The molecule has 142 valence electrons. The molecule has 6 heteroatoms. The number of rotatable bonds is 4. The van der Waals surface area contributed by atoms with Crippen molar-refractivity contribution in [2.75, 3.05) is 13.1 Å². The second-order valence-corrected chi connectivity index (χ2v) is 7.92. The predicted octanol–water partition coefficient (Wildman–Crippen LogP) is 3.15. The molecule has 3 rings (SSSR count). The standard InChI is InChI=1S/C19H32N2O4/c22-18(23)14-6-8-15(9-7-14)20-19(24)21-12-10-17(11-13-21)25-16-4-2-1-3-5-16/h14-17H,1-13H2,(H,20,24)(H,22,23). The summed E-state index contributed by atoms with van der Waals surface area (Å²) in [7, 11) is 0. The Labute approximate surface area is 150 Å². The van der Waals surface area contributed by atoms with Crippen LogP contribution in [0.2, 0.25) is 0 Å². The second-order valence-electron chi connectivity index (χ2n) is 7.92. The molecule has 2 saturated carbocycles. The molecule has 0 bridgehead atoms. The van der Waals surface area contributed by atoms with Gasteiger partial charge in [0.25, 0.3) is 0 Å². The molecule has 1 aliphatic heterocycles. The molecule has 2 aliphatic carbocycles. The lowest BCUT2D eigenvalue weighted by molar-refractivity contribution is -0.142. The number of carbonyl (C=O) groups is 2. The number of likely N-dealkylation sites (tertiary alicyclic amines) is 1. The Kier molecular flexibility index (Phi) is 6.57. The van der Waals surface area contributed by atoms with Crippen LogP contribution in [0, 0.1) is 5.92 Å². The fraction of sp³-hybridized carbons (Fsp3) is 0.895. The molecule has 0 aromatic heterocycles. The lowest BCUT2D eigenvalue weighted by Crippen LogP contribution is -2.50. The van der Waals surface area contributed by atoms with Crippen LogP contribution in [0.4, 0.5) is 4.79 Å². The number of piperidine rings is 1. The molecule has 0 aromatic carbocycles. The van der Waals surface area contributed by atoms with Gasteiger partial charge < -0.3 is 20.1 Å². The van der Waals surface area contributed by atoms with E-state index in [0.717, 1.165) is 38.8 Å². The maximum atomic E-state index is 12.4. The number of amides is 2. The summed E-state index contributed by atoms with van der Waals surface area (Å²) >= 11 is 0. The zero-order valence-corrected chi connectivity index (χ0v) is 15.1. The number of ether oxygens (including phenoxy) is 1. The topological polar surface area (TPSA) is 78.9 Å². The number of carboxylic acid groups (broad SMARTS) is 1. The molecule has 2 amide bonds. The Hall–Kier alpha value is -1.30. The van der Waals surface area contributed by atoms with E-state index in [-0.39, 0.29) is 18.0 Å². The minimum absolute atomic E-state index is 0.00916. The molecule has 0 atom stereocenters. The number of nitrogens with one attached hydrogen (secondary N) is 1. The average molecular weight is 352 g/mol. The fourth-order valence-electron chi connectivity index (χ4n) is 4.42. The van der Waals surface area contributed by atoms with Crippen molar-refractivity contribution in [1.29, 1.82) is 0 Å². The van der Waals surface area contributed by atoms with Gasteiger partial charge in [-0.25, -0.2) is 4.79 Å². The third-order valence-corrected chi connectivity index (χ3v) is 6.07. The van der Waals surface area contributed by atoms with E-state index >= 15 is 0 Å². The number of nitrogens with zero attached hydrogens (tertiary/aromatic N) is 1. The highest BCUT2D eigenvalue weighted by Gasteiger charge is 2.30. The largest absolute Gasteiger partial charge is 0.481 e. The highest BCUT2D eigenvalue weighted by Crippen LogP contribution is 2.26. The van der Waals surface area contributed by atoms with Crippen molar-refractivity contribution in [2.24, 2.45) is 5.92 Å². The number of carboxylic acids is 1. The Morgan fingerprint density at radius 3 is 2.04 bits per heavy atom. The monoisotopic (exact) mass is 352 g/mol. The van der Waals surface area contributed by atoms with Gasteiger partial charge in [0, 0.05) is 19.1 Å². The Balaban J connectivity index is 1.35. The lowest BCUT2D eigenvalue weighted by Gasteiger charge is -2.36. The first-order valence-corrected chi connectivity index (χ1v) is 10.1. The van der Waals surface area contributed by atoms with E-state index in [0.29, 0.717) is 25.0 Å². The summed E-state index contributed by atoms with van der Waals surface area (Å²) in [5, 5.41) is 12.1. The van der Waals surface area contributed by atoms with Crippen molar-refractivity contribution < 1.29 is 19.4 Å². The van der Waals surface area contributed by atoms with Gasteiger partial charge in [0.15, 0.2) is 0 Å². The summed E-state index contributed by atoms with van der Waals surface area (Å²) in [5.41, 5.74) is 0. The van der Waals surface area contributed by atoms with E-state index in [1.165, 1.54) is 32.1 Å². The molecule has 3 fully saturated rings. The molecule has 25 heavy (non-hydrogen) atoms. The fourth-order valence-corrected chi connectivity index (χ4v) is 4.42. The van der Waals surface area contributed by atoms with Crippen molar-refractivity contribution in [3.05, 3.63) is 0 Å². The van der Waals surface area contributed by atoms with Crippen LogP contribution in [-0.2, 0) is 9.53 Å². The summed E-state index contributed by atoms with van der Waals surface area (Å²) in [6.07, 6.45) is 11.8. The zero-order chi connectivity index (χ0) is 17.6. The van der Waals surface area contributed by atoms with E-state index in [9.17, 15) is 9.59 Å². The maximum absolute atomic E-state index is 12.4. The second kappa shape index (κ2) is 8.88. The van der Waals surface area contributed by atoms with E-state index in [1.54, 1.807) is 0 Å². The van der Waals surface area contributed by atoms with Crippen LogP contribution in [0.5, 0.6) is 0 Å². The number of hydrogen-bond acceptors (Lipinski definition) is 3. The van der Waals surface area contributed by atoms with Crippen molar-refractivity contribution in [3.63, 3.8) is 0 Å². The summed E-state index contributed by atoms with van der Waals surface area (Å²) in [4.78, 5) is 25.3. The Bertz CT molecular complexity index is 448. The molecule has 6 nitrogen and oxygen atoms in total. The summed E-state index contributed by atoms with van der Waals surface area (Å²) < 4.78 is 6.23. The van der Waals surface area contributed by atoms with E-state index in [4.69, 9.17) is 9.84 Å².